The fourth-order valence-electron chi connectivity index (χ4n) is 1.70. The van der Waals surface area contributed by atoms with E-state index in [0.717, 1.165) is 23.9 Å². The van der Waals surface area contributed by atoms with Gasteiger partial charge in [0, 0.05) is 30.7 Å². The van der Waals surface area contributed by atoms with Crippen LogP contribution < -0.4 is 5.32 Å². The lowest BCUT2D eigenvalue weighted by Crippen LogP contribution is -2.31. The van der Waals surface area contributed by atoms with Crippen molar-refractivity contribution < 1.29 is 0 Å². The molecule has 0 bridgehead atoms. The minimum atomic E-state index is 0.583. The van der Waals surface area contributed by atoms with E-state index in [1.54, 1.807) is 0 Å². The number of thioether (sulfide) groups is 1. The molecule has 1 unspecified atom stereocenters. The molecule has 92 valence electrons. The number of aliphatic imine (C=N–C) groups is 1. The Morgan fingerprint density at radius 2 is 2.24 bits per heavy atom. The van der Waals surface area contributed by atoms with Crippen LogP contribution in [0.1, 0.15) is 19.4 Å². The molecule has 3 nitrogen and oxygen atoms in total. The highest BCUT2D eigenvalue weighted by Crippen LogP contribution is 2.18. The smallest absolute Gasteiger partial charge is 0.156 e. The summed E-state index contributed by atoms with van der Waals surface area (Å²) in [5.41, 5.74) is 1.30. The molecule has 0 spiro atoms. The second-order valence-corrected chi connectivity index (χ2v) is 5.61. The molecule has 1 fully saturated rings. The molecule has 1 N–H and O–H groups in total. The highest BCUT2D eigenvalue weighted by atomic mass is 32.2. The molecule has 0 radical (unpaired) electrons. The first-order valence-corrected chi connectivity index (χ1v) is 7.07. The molecule has 1 aromatic heterocycles. The van der Waals surface area contributed by atoms with Gasteiger partial charge in [0.05, 0.1) is 0 Å². The van der Waals surface area contributed by atoms with Crippen LogP contribution in [0, 0.1) is 5.92 Å². The fourth-order valence-corrected chi connectivity index (χ4v) is 2.92. The van der Waals surface area contributed by atoms with Gasteiger partial charge in [-0.15, -0.1) is 0 Å². The molecule has 2 heterocycles. The van der Waals surface area contributed by atoms with E-state index in [-0.39, 0.29) is 0 Å². The summed E-state index contributed by atoms with van der Waals surface area (Å²) < 4.78 is 0. The van der Waals surface area contributed by atoms with Gasteiger partial charge >= 0.3 is 0 Å². The number of amidine groups is 1. The number of hydrogen-bond acceptors (Lipinski definition) is 3. The van der Waals surface area contributed by atoms with E-state index in [9.17, 15) is 0 Å². The minimum absolute atomic E-state index is 0.583. The van der Waals surface area contributed by atoms with Crippen LogP contribution in [0.15, 0.2) is 29.5 Å². The third-order valence-electron chi connectivity index (χ3n) is 2.92. The number of nitrogens with zero attached hydrogens (tertiary/aromatic N) is 2. The normalized spacial score (nSPS) is 22.1. The Bertz CT molecular complexity index is 376. The molecule has 4 heteroatoms. The largest absolute Gasteiger partial charge is 0.361 e. The topological polar surface area (TPSA) is 37.3 Å². The van der Waals surface area contributed by atoms with Crippen LogP contribution in [0.5, 0.6) is 0 Å². The lowest BCUT2D eigenvalue weighted by Gasteiger charge is -2.13. The maximum atomic E-state index is 4.60. The Morgan fingerprint density at radius 3 is 2.88 bits per heavy atom. The van der Waals surface area contributed by atoms with Crippen molar-refractivity contribution in [1.29, 1.82) is 0 Å². The lowest BCUT2D eigenvalue weighted by atomic mass is 10.1. The average molecular weight is 249 g/mol. The Labute approximate surface area is 107 Å². The van der Waals surface area contributed by atoms with Gasteiger partial charge in [-0.05, 0) is 30.0 Å². The molecule has 0 amide bonds. The third kappa shape index (κ3) is 3.73. The Hall–Kier alpha value is -1.03. The molecule has 1 aliphatic rings. The van der Waals surface area contributed by atoms with Crippen LogP contribution in [0.4, 0.5) is 0 Å². The predicted molar refractivity (Wildman–Crippen MR) is 74.5 cm³/mol. The molecule has 0 aromatic carbocycles. The number of aromatic nitrogens is 1. The standard InChI is InChI=1S/C13H19N3S/c1-10(2)12-9-17-13(16-12)15-8-5-11-3-6-14-7-4-11/h3-4,6-7,10,12H,5,8-9H2,1-2H3,(H,15,16). The molecule has 1 aliphatic heterocycles. The third-order valence-corrected chi connectivity index (χ3v) is 3.96. The summed E-state index contributed by atoms with van der Waals surface area (Å²) in [6.07, 6.45) is 4.65. The first-order valence-electron chi connectivity index (χ1n) is 6.08. The maximum Gasteiger partial charge on any atom is 0.156 e. The summed E-state index contributed by atoms with van der Waals surface area (Å²) in [6, 6.07) is 4.68. The summed E-state index contributed by atoms with van der Waals surface area (Å²) in [4.78, 5) is 8.61. The second kappa shape index (κ2) is 6.05. The molecule has 1 atom stereocenters. The Kier molecular flexibility index (Phi) is 4.42. The van der Waals surface area contributed by atoms with Gasteiger partial charge in [0.25, 0.3) is 0 Å². The summed E-state index contributed by atoms with van der Waals surface area (Å²) >= 11 is 1.84. The molecule has 0 aliphatic carbocycles. The first kappa shape index (κ1) is 12.4. The van der Waals surface area contributed by atoms with Gasteiger partial charge in [0.1, 0.15) is 0 Å². The molecular formula is C13H19N3S. The van der Waals surface area contributed by atoms with Crippen molar-refractivity contribution in [1.82, 2.24) is 10.3 Å². The van der Waals surface area contributed by atoms with Gasteiger partial charge in [-0.3, -0.25) is 9.98 Å². The number of rotatable bonds is 4. The van der Waals surface area contributed by atoms with Gasteiger partial charge in [0.2, 0.25) is 0 Å². The Morgan fingerprint density at radius 1 is 1.47 bits per heavy atom. The van der Waals surface area contributed by atoms with Gasteiger partial charge in [-0.2, -0.15) is 0 Å². The van der Waals surface area contributed by atoms with Crippen molar-refractivity contribution in [3.8, 4) is 0 Å². The summed E-state index contributed by atoms with van der Waals surface area (Å²) in [7, 11) is 0. The summed E-state index contributed by atoms with van der Waals surface area (Å²) in [6.45, 7) is 5.35. The SMILES string of the molecule is CC(C)C1CSC(=NCCc2ccncc2)N1. The lowest BCUT2D eigenvalue weighted by molar-refractivity contribution is 0.503. The summed E-state index contributed by atoms with van der Waals surface area (Å²) in [5.74, 6) is 1.82. The Balaban J connectivity index is 1.79. The van der Waals surface area contributed by atoms with Gasteiger partial charge in [-0.1, -0.05) is 25.6 Å². The van der Waals surface area contributed by atoms with E-state index >= 15 is 0 Å². The van der Waals surface area contributed by atoms with Crippen molar-refractivity contribution in [2.24, 2.45) is 10.9 Å². The van der Waals surface area contributed by atoms with E-state index in [1.807, 2.05) is 36.3 Å². The zero-order valence-electron chi connectivity index (χ0n) is 10.4. The summed E-state index contributed by atoms with van der Waals surface area (Å²) in [5, 5.41) is 4.59. The van der Waals surface area contributed by atoms with Crippen LogP contribution >= 0.6 is 11.8 Å². The average Bonchev–Trinajstić information content (AvgIpc) is 2.79. The molecule has 17 heavy (non-hydrogen) atoms. The fraction of sp³-hybridized carbons (Fsp3) is 0.538. The van der Waals surface area contributed by atoms with E-state index in [4.69, 9.17) is 0 Å². The predicted octanol–water partition coefficient (Wildman–Crippen LogP) is 2.34. The molecule has 2 rings (SSSR count). The number of nitrogens with one attached hydrogen (secondary N) is 1. The maximum absolute atomic E-state index is 4.60. The van der Waals surface area contributed by atoms with E-state index in [0.29, 0.717) is 12.0 Å². The van der Waals surface area contributed by atoms with Gasteiger partial charge in [0.15, 0.2) is 5.17 Å². The zero-order chi connectivity index (χ0) is 12.1. The van der Waals surface area contributed by atoms with Crippen LogP contribution in [-0.2, 0) is 6.42 Å². The van der Waals surface area contributed by atoms with Crippen LogP contribution in [0.2, 0.25) is 0 Å². The van der Waals surface area contributed by atoms with Crippen LogP contribution in [0.25, 0.3) is 0 Å². The second-order valence-electron chi connectivity index (χ2n) is 4.60. The van der Waals surface area contributed by atoms with Gasteiger partial charge < -0.3 is 5.32 Å². The number of hydrogen-bond donors (Lipinski definition) is 1. The molecule has 0 saturated carbocycles. The minimum Gasteiger partial charge on any atom is -0.361 e. The molecule has 1 saturated heterocycles. The van der Waals surface area contributed by atoms with Crippen molar-refractivity contribution in [3.63, 3.8) is 0 Å². The van der Waals surface area contributed by atoms with Crippen molar-refractivity contribution in [2.75, 3.05) is 12.3 Å². The van der Waals surface area contributed by atoms with Gasteiger partial charge in [-0.25, -0.2) is 0 Å². The van der Waals surface area contributed by atoms with E-state index in [2.05, 4.69) is 29.1 Å². The van der Waals surface area contributed by atoms with Crippen molar-refractivity contribution in [2.45, 2.75) is 26.3 Å². The molecule has 1 aromatic rings. The molecular weight excluding hydrogens is 230 g/mol. The first-order chi connectivity index (χ1) is 8.25. The van der Waals surface area contributed by atoms with Crippen LogP contribution in [-0.4, -0.2) is 28.5 Å². The highest BCUT2D eigenvalue weighted by molar-refractivity contribution is 8.14. The van der Waals surface area contributed by atoms with Crippen LogP contribution in [0.3, 0.4) is 0 Å². The van der Waals surface area contributed by atoms with Crippen molar-refractivity contribution >= 4 is 16.9 Å². The quantitative estimate of drug-likeness (QED) is 0.890. The van der Waals surface area contributed by atoms with Crippen molar-refractivity contribution in [3.05, 3.63) is 30.1 Å². The highest BCUT2D eigenvalue weighted by Gasteiger charge is 2.22. The monoisotopic (exact) mass is 249 g/mol. The van der Waals surface area contributed by atoms with E-state index < -0.39 is 0 Å². The number of pyridine rings is 1. The zero-order valence-corrected chi connectivity index (χ0v) is 11.2. The van der Waals surface area contributed by atoms with E-state index in [1.165, 1.54) is 5.56 Å².